The van der Waals surface area contributed by atoms with Gasteiger partial charge < -0.3 is 10.2 Å². The number of thioether (sulfide) groups is 1. The minimum atomic E-state index is -1.35. The molecule has 3 aromatic rings. The first-order valence-corrected chi connectivity index (χ1v) is 11.1. The van der Waals surface area contributed by atoms with Crippen molar-refractivity contribution in [1.82, 2.24) is 4.90 Å². The van der Waals surface area contributed by atoms with Gasteiger partial charge in [0.15, 0.2) is 4.87 Å². The molecule has 0 aliphatic carbocycles. The van der Waals surface area contributed by atoms with Gasteiger partial charge in [0.2, 0.25) is 0 Å². The Morgan fingerprint density at radius 1 is 1.00 bits per heavy atom. The zero-order valence-corrected chi connectivity index (χ0v) is 17.7. The average Bonchev–Trinajstić information content (AvgIpc) is 3.33. The van der Waals surface area contributed by atoms with Gasteiger partial charge in [-0.05, 0) is 48.0 Å². The number of carbonyl (C=O) groups is 2. The molecule has 3 aromatic carbocycles. The molecule has 0 radical (unpaired) electrons. The summed E-state index contributed by atoms with van der Waals surface area (Å²) < 4.78 is 27.6. The summed E-state index contributed by atoms with van der Waals surface area (Å²) in [5.74, 6) is -0.618. The SMILES string of the molecule is O=C(Nc1ccccc1)N1CCS[C@@]12C(=O)N(Cc1ccc(F)cc1)c1ccc(F)cc12. The second kappa shape index (κ2) is 7.94. The molecular formula is C24H19F2N3O2S. The van der Waals surface area contributed by atoms with Crippen molar-refractivity contribution in [3.05, 3.63) is 95.6 Å². The van der Waals surface area contributed by atoms with Crippen LogP contribution in [0.25, 0.3) is 0 Å². The Morgan fingerprint density at radius 2 is 1.72 bits per heavy atom. The second-order valence-corrected chi connectivity index (χ2v) is 8.91. The summed E-state index contributed by atoms with van der Waals surface area (Å²) in [6.07, 6.45) is 0. The van der Waals surface area contributed by atoms with E-state index in [1.807, 2.05) is 6.07 Å². The van der Waals surface area contributed by atoms with Crippen LogP contribution in [0.15, 0.2) is 72.8 Å². The molecule has 2 heterocycles. The molecule has 1 N–H and O–H groups in total. The number of urea groups is 1. The molecule has 5 nitrogen and oxygen atoms in total. The van der Waals surface area contributed by atoms with Gasteiger partial charge in [0, 0.05) is 23.5 Å². The Balaban J connectivity index is 1.53. The van der Waals surface area contributed by atoms with Gasteiger partial charge in [0.05, 0.1) is 12.2 Å². The maximum absolute atomic E-state index is 14.3. The number of nitrogens with zero attached hydrogens (tertiary/aromatic N) is 2. The molecule has 162 valence electrons. The van der Waals surface area contributed by atoms with Crippen LogP contribution in [-0.4, -0.2) is 29.1 Å². The number of rotatable bonds is 3. The van der Waals surface area contributed by atoms with Crippen LogP contribution in [0, 0.1) is 11.6 Å². The molecule has 0 saturated carbocycles. The number of carbonyl (C=O) groups excluding carboxylic acids is 2. The normalized spacial score (nSPS) is 19.5. The fourth-order valence-corrected chi connectivity index (χ4v) is 5.68. The maximum Gasteiger partial charge on any atom is 0.323 e. The van der Waals surface area contributed by atoms with Crippen molar-refractivity contribution in [2.75, 3.05) is 22.5 Å². The highest BCUT2D eigenvalue weighted by Gasteiger charge is 2.59. The number of fused-ring (bicyclic) bond motifs is 2. The summed E-state index contributed by atoms with van der Waals surface area (Å²) in [7, 11) is 0. The molecule has 2 aliphatic heterocycles. The molecule has 1 spiro atoms. The first-order valence-electron chi connectivity index (χ1n) is 10.1. The van der Waals surface area contributed by atoms with Crippen LogP contribution < -0.4 is 10.2 Å². The van der Waals surface area contributed by atoms with Crippen LogP contribution in [0.2, 0.25) is 0 Å². The predicted molar refractivity (Wildman–Crippen MR) is 120 cm³/mol. The third-order valence-electron chi connectivity index (χ3n) is 5.68. The van der Waals surface area contributed by atoms with Crippen molar-refractivity contribution < 1.29 is 18.4 Å². The number of para-hydroxylation sites is 1. The van der Waals surface area contributed by atoms with Gasteiger partial charge in [-0.25, -0.2) is 13.6 Å². The molecule has 0 unspecified atom stereocenters. The molecule has 8 heteroatoms. The van der Waals surface area contributed by atoms with Gasteiger partial charge in [-0.15, -0.1) is 11.8 Å². The van der Waals surface area contributed by atoms with Crippen LogP contribution >= 0.6 is 11.8 Å². The zero-order chi connectivity index (χ0) is 22.3. The maximum atomic E-state index is 14.3. The van der Waals surface area contributed by atoms with Crippen molar-refractivity contribution in [3.8, 4) is 0 Å². The summed E-state index contributed by atoms with van der Waals surface area (Å²) in [5, 5.41) is 2.84. The molecule has 1 atom stereocenters. The van der Waals surface area contributed by atoms with Crippen LogP contribution in [0.5, 0.6) is 0 Å². The van der Waals surface area contributed by atoms with Gasteiger partial charge in [0.1, 0.15) is 11.6 Å². The predicted octanol–water partition coefficient (Wildman–Crippen LogP) is 4.95. The number of nitrogens with one attached hydrogen (secondary N) is 1. The van der Waals surface area contributed by atoms with E-state index < -0.39 is 16.7 Å². The van der Waals surface area contributed by atoms with Crippen molar-refractivity contribution in [2.24, 2.45) is 0 Å². The van der Waals surface area contributed by atoms with E-state index in [9.17, 15) is 18.4 Å². The molecule has 32 heavy (non-hydrogen) atoms. The third-order valence-corrected chi connectivity index (χ3v) is 7.10. The Labute approximate surface area is 188 Å². The van der Waals surface area contributed by atoms with E-state index in [4.69, 9.17) is 0 Å². The van der Waals surface area contributed by atoms with Crippen molar-refractivity contribution in [2.45, 2.75) is 11.4 Å². The first-order chi connectivity index (χ1) is 15.5. The van der Waals surface area contributed by atoms with E-state index in [0.717, 1.165) is 5.56 Å². The highest BCUT2D eigenvalue weighted by molar-refractivity contribution is 8.01. The van der Waals surface area contributed by atoms with Gasteiger partial charge in [-0.1, -0.05) is 30.3 Å². The van der Waals surface area contributed by atoms with E-state index in [0.29, 0.717) is 29.2 Å². The number of hydrogen-bond donors (Lipinski definition) is 1. The van der Waals surface area contributed by atoms with Crippen LogP contribution in [-0.2, 0) is 16.2 Å². The minimum absolute atomic E-state index is 0.189. The fraction of sp³-hybridized carbons (Fsp3) is 0.167. The Kier molecular flexibility index (Phi) is 5.09. The average molecular weight is 451 g/mol. The molecule has 1 fully saturated rings. The number of anilines is 2. The third kappa shape index (κ3) is 3.31. The number of halogens is 2. The van der Waals surface area contributed by atoms with Gasteiger partial charge in [-0.2, -0.15) is 0 Å². The summed E-state index contributed by atoms with van der Waals surface area (Å²) >= 11 is 1.32. The van der Waals surface area contributed by atoms with E-state index in [2.05, 4.69) is 5.32 Å². The monoisotopic (exact) mass is 451 g/mol. The summed E-state index contributed by atoms with van der Waals surface area (Å²) in [4.78, 5) is 28.7. The molecular weight excluding hydrogens is 432 g/mol. The summed E-state index contributed by atoms with van der Waals surface area (Å²) in [5.41, 5.74) is 2.34. The minimum Gasteiger partial charge on any atom is -0.308 e. The molecule has 5 rings (SSSR count). The lowest BCUT2D eigenvalue weighted by molar-refractivity contribution is -0.123. The van der Waals surface area contributed by atoms with Gasteiger partial charge in [-0.3, -0.25) is 9.69 Å². The van der Waals surface area contributed by atoms with E-state index in [1.165, 1.54) is 40.9 Å². The molecule has 1 saturated heterocycles. The number of benzene rings is 3. The van der Waals surface area contributed by atoms with E-state index in [1.54, 1.807) is 47.4 Å². The van der Waals surface area contributed by atoms with E-state index >= 15 is 0 Å². The fourth-order valence-electron chi connectivity index (χ4n) is 4.23. The van der Waals surface area contributed by atoms with Gasteiger partial charge in [0.25, 0.3) is 5.91 Å². The lowest BCUT2D eigenvalue weighted by atomic mass is 10.1. The lowest BCUT2D eigenvalue weighted by Gasteiger charge is -2.33. The second-order valence-electron chi connectivity index (χ2n) is 7.62. The summed E-state index contributed by atoms with van der Waals surface area (Å²) in [6.45, 7) is 0.531. The Bertz CT molecular complexity index is 1190. The van der Waals surface area contributed by atoms with Crippen molar-refractivity contribution in [3.63, 3.8) is 0 Å². The van der Waals surface area contributed by atoms with Crippen LogP contribution in [0.4, 0.5) is 25.0 Å². The highest BCUT2D eigenvalue weighted by atomic mass is 32.2. The topological polar surface area (TPSA) is 52.7 Å². The Hall–Kier alpha value is -3.39. The molecule has 0 bridgehead atoms. The van der Waals surface area contributed by atoms with Crippen LogP contribution in [0.1, 0.15) is 11.1 Å². The number of amides is 3. The van der Waals surface area contributed by atoms with E-state index in [-0.39, 0.29) is 18.3 Å². The van der Waals surface area contributed by atoms with Gasteiger partial charge >= 0.3 is 6.03 Å². The molecule has 0 aromatic heterocycles. The first kappa shape index (κ1) is 20.5. The van der Waals surface area contributed by atoms with Crippen molar-refractivity contribution in [1.29, 1.82) is 0 Å². The molecule has 3 amide bonds. The quantitative estimate of drug-likeness (QED) is 0.613. The largest absolute Gasteiger partial charge is 0.323 e. The van der Waals surface area contributed by atoms with Crippen LogP contribution in [0.3, 0.4) is 0 Å². The van der Waals surface area contributed by atoms with Crippen molar-refractivity contribution >= 4 is 35.1 Å². The smallest absolute Gasteiger partial charge is 0.308 e. The zero-order valence-electron chi connectivity index (χ0n) is 16.9. The summed E-state index contributed by atoms with van der Waals surface area (Å²) in [6, 6.07) is 18.6. The standard InChI is InChI=1S/C24H19F2N3O2S/c25-17-8-6-16(7-9-17)15-28-21-11-10-18(26)14-20(21)24(22(28)30)29(12-13-32-24)23(31)27-19-4-2-1-3-5-19/h1-11,14H,12-13,15H2,(H,27,31)/t24-/m0/s1. The lowest BCUT2D eigenvalue weighted by Crippen LogP contribution is -2.51. The molecule has 2 aliphatic rings. The number of hydrogen-bond acceptors (Lipinski definition) is 3. The Morgan fingerprint density at radius 3 is 2.47 bits per heavy atom. The highest BCUT2D eigenvalue weighted by Crippen LogP contribution is 2.54.